The smallest absolute Gasteiger partial charge is 0.319 e. The number of hydrogen-bond donors (Lipinski definition) is 1. The normalized spacial score (nSPS) is 11.5. The molecule has 1 amide bonds. The molecule has 0 aliphatic heterocycles. The first kappa shape index (κ1) is 15.2. The standard InChI is InChI=1S/C9H5ClF4N2O3/c10-5-2-1-4(16(18)19)3-6(5)15-8(17)9(13,14)7(11)12/h1-3,7H,(H,15,17). The van der Waals surface area contributed by atoms with Crippen molar-refractivity contribution in [3.63, 3.8) is 0 Å². The van der Waals surface area contributed by atoms with E-state index in [1.807, 2.05) is 0 Å². The van der Waals surface area contributed by atoms with Gasteiger partial charge in [-0.05, 0) is 6.07 Å². The molecular weight excluding hydrogens is 296 g/mol. The highest BCUT2D eigenvalue weighted by molar-refractivity contribution is 6.33. The lowest BCUT2D eigenvalue weighted by atomic mass is 10.2. The fourth-order valence-corrected chi connectivity index (χ4v) is 1.19. The Hall–Kier alpha value is -1.90. The SMILES string of the molecule is O=C(Nc1cc([N+](=O)[O-])ccc1Cl)C(F)(F)C(F)F. The Morgan fingerprint density at radius 2 is 2.00 bits per heavy atom. The van der Waals surface area contributed by atoms with Crippen LogP contribution in [0.5, 0.6) is 0 Å². The molecule has 1 aromatic carbocycles. The van der Waals surface area contributed by atoms with E-state index in [1.165, 1.54) is 5.32 Å². The van der Waals surface area contributed by atoms with Crippen molar-refractivity contribution in [2.75, 3.05) is 5.32 Å². The van der Waals surface area contributed by atoms with Crippen molar-refractivity contribution < 1.29 is 27.3 Å². The van der Waals surface area contributed by atoms with Crippen LogP contribution in [-0.4, -0.2) is 23.2 Å². The molecule has 19 heavy (non-hydrogen) atoms. The molecule has 0 radical (unpaired) electrons. The maximum Gasteiger partial charge on any atom is 0.383 e. The summed E-state index contributed by atoms with van der Waals surface area (Å²) in [5.41, 5.74) is -1.10. The number of nitro benzene ring substituents is 1. The summed E-state index contributed by atoms with van der Waals surface area (Å²) >= 11 is 5.50. The molecule has 1 N–H and O–H groups in total. The summed E-state index contributed by atoms with van der Waals surface area (Å²) in [5, 5.41) is 11.6. The topological polar surface area (TPSA) is 72.2 Å². The summed E-state index contributed by atoms with van der Waals surface area (Å²) in [6.07, 6.45) is -4.20. The molecule has 0 bridgehead atoms. The minimum absolute atomic E-state index is 0.302. The van der Waals surface area contributed by atoms with Gasteiger partial charge in [0.1, 0.15) is 0 Å². The van der Waals surface area contributed by atoms with Crippen LogP contribution in [0.15, 0.2) is 18.2 Å². The Labute approximate surface area is 108 Å². The molecule has 0 aliphatic rings. The molecule has 104 valence electrons. The maximum atomic E-state index is 12.7. The number of halogens is 5. The van der Waals surface area contributed by atoms with Crippen LogP contribution < -0.4 is 5.32 Å². The fraction of sp³-hybridized carbons (Fsp3) is 0.222. The van der Waals surface area contributed by atoms with Gasteiger partial charge in [-0.25, -0.2) is 8.78 Å². The number of hydrogen-bond acceptors (Lipinski definition) is 3. The van der Waals surface area contributed by atoms with Crippen LogP contribution in [0.25, 0.3) is 0 Å². The highest BCUT2D eigenvalue weighted by Gasteiger charge is 2.49. The van der Waals surface area contributed by atoms with E-state index < -0.39 is 34.6 Å². The molecule has 5 nitrogen and oxygen atoms in total. The Bertz CT molecular complexity index is 524. The molecule has 0 saturated heterocycles. The first-order chi connectivity index (χ1) is 8.66. The Kier molecular flexibility index (Phi) is 4.30. The van der Waals surface area contributed by atoms with Gasteiger partial charge in [-0.3, -0.25) is 14.9 Å². The first-order valence-corrected chi connectivity index (χ1v) is 4.95. The third-order valence-corrected chi connectivity index (χ3v) is 2.32. The van der Waals surface area contributed by atoms with Gasteiger partial charge in [0.25, 0.3) is 5.69 Å². The average molecular weight is 301 g/mol. The number of carbonyl (C=O) groups is 1. The van der Waals surface area contributed by atoms with Gasteiger partial charge in [0.05, 0.1) is 15.6 Å². The number of nitrogens with zero attached hydrogens (tertiary/aromatic N) is 1. The molecule has 1 rings (SSSR count). The molecule has 0 fully saturated rings. The molecule has 0 unspecified atom stereocenters. The molecule has 0 spiro atoms. The zero-order chi connectivity index (χ0) is 14.8. The quantitative estimate of drug-likeness (QED) is 0.527. The van der Waals surface area contributed by atoms with Crippen molar-refractivity contribution in [3.05, 3.63) is 33.3 Å². The summed E-state index contributed by atoms with van der Waals surface area (Å²) in [6.45, 7) is 0. The van der Waals surface area contributed by atoms with Gasteiger partial charge < -0.3 is 5.32 Å². The third-order valence-electron chi connectivity index (χ3n) is 1.99. The summed E-state index contributed by atoms with van der Waals surface area (Å²) in [4.78, 5) is 20.5. The van der Waals surface area contributed by atoms with Gasteiger partial charge in [-0.15, -0.1) is 0 Å². The number of alkyl halides is 4. The second-order valence-electron chi connectivity index (χ2n) is 3.30. The van der Waals surface area contributed by atoms with Crippen molar-refractivity contribution in [1.82, 2.24) is 0 Å². The second-order valence-corrected chi connectivity index (χ2v) is 3.71. The Balaban J connectivity index is 3.03. The van der Waals surface area contributed by atoms with Crippen LogP contribution in [-0.2, 0) is 4.79 Å². The van der Waals surface area contributed by atoms with Crippen LogP contribution in [0.1, 0.15) is 0 Å². The molecule has 0 saturated carbocycles. The molecule has 0 heterocycles. The number of anilines is 1. The number of amides is 1. The van der Waals surface area contributed by atoms with E-state index in [0.717, 1.165) is 12.1 Å². The minimum Gasteiger partial charge on any atom is -0.319 e. The number of nitrogens with one attached hydrogen (secondary N) is 1. The first-order valence-electron chi connectivity index (χ1n) is 4.57. The predicted octanol–water partition coefficient (Wildman–Crippen LogP) is 3.09. The van der Waals surface area contributed by atoms with Gasteiger partial charge in [-0.2, -0.15) is 8.78 Å². The van der Waals surface area contributed by atoms with Crippen molar-refractivity contribution in [2.24, 2.45) is 0 Å². The lowest BCUT2D eigenvalue weighted by molar-refractivity contribution is -0.384. The highest BCUT2D eigenvalue weighted by Crippen LogP contribution is 2.30. The monoisotopic (exact) mass is 300 g/mol. The van der Waals surface area contributed by atoms with Crippen LogP contribution in [0.3, 0.4) is 0 Å². The van der Waals surface area contributed by atoms with Crippen LogP contribution >= 0.6 is 11.6 Å². The van der Waals surface area contributed by atoms with E-state index in [1.54, 1.807) is 0 Å². The largest absolute Gasteiger partial charge is 0.383 e. The van der Waals surface area contributed by atoms with E-state index in [0.29, 0.717) is 6.07 Å². The van der Waals surface area contributed by atoms with Crippen molar-refractivity contribution in [1.29, 1.82) is 0 Å². The third kappa shape index (κ3) is 3.31. The second kappa shape index (κ2) is 5.39. The Morgan fingerprint density at radius 1 is 1.42 bits per heavy atom. The molecule has 10 heteroatoms. The molecule has 0 atom stereocenters. The van der Waals surface area contributed by atoms with E-state index >= 15 is 0 Å². The molecule has 0 aliphatic carbocycles. The summed E-state index contributed by atoms with van der Waals surface area (Å²) in [5.74, 6) is -7.22. The van der Waals surface area contributed by atoms with Crippen molar-refractivity contribution >= 4 is 28.9 Å². The highest BCUT2D eigenvalue weighted by atomic mass is 35.5. The van der Waals surface area contributed by atoms with Gasteiger partial charge in [-0.1, -0.05) is 11.6 Å². The van der Waals surface area contributed by atoms with Gasteiger partial charge in [0.15, 0.2) is 0 Å². The van der Waals surface area contributed by atoms with E-state index in [4.69, 9.17) is 11.6 Å². The van der Waals surface area contributed by atoms with E-state index in [-0.39, 0.29) is 5.02 Å². The number of non-ortho nitro benzene ring substituents is 1. The van der Waals surface area contributed by atoms with E-state index in [2.05, 4.69) is 0 Å². The lowest BCUT2D eigenvalue weighted by Gasteiger charge is -2.15. The van der Waals surface area contributed by atoms with Crippen molar-refractivity contribution in [2.45, 2.75) is 12.3 Å². The van der Waals surface area contributed by atoms with Gasteiger partial charge in [0.2, 0.25) is 0 Å². The van der Waals surface area contributed by atoms with Gasteiger partial charge in [0, 0.05) is 12.1 Å². The summed E-state index contributed by atoms with van der Waals surface area (Å²) < 4.78 is 49.2. The zero-order valence-electron chi connectivity index (χ0n) is 8.87. The molecule has 0 aromatic heterocycles. The molecule has 1 aromatic rings. The fourth-order valence-electron chi connectivity index (χ4n) is 1.03. The minimum atomic E-state index is -4.92. The maximum absolute atomic E-state index is 12.7. The number of nitro groups is 1. The molecular formula is C9H5ClF4N2O3. The number of carbonyl (C=O) groups excluding carboxylic acids is 1. The van der Waals surface area contributed by atoms with E-state index in [9.17, 15) is 32.5 Å². The average Bonchev–Trinajstić information content (AvgIpc) is 2.31. The predicted molar refractivity (Wildman–Crippen MR) is 57.7 cm³/mol. The number of rotatable bonds is 4. The van der Waals surface area contributed by atoms with Crippen LogP contribution in [0, 0.1) is 10.1 Å². The zero-order valence-corrected chi connectivity index (χ0v) is 9.63. The van der Waals surface area contributed by atoms with Crippen LogP contribution in [0.4, 0.5) is 28.9 Å². The lowest BCUT2D eigenvalue weighted by Crippen LogP contribution is -2.41. The summed E-state index contributed by atoms with van der Waals surface area (Å²) in [6, 6.07) is 2.61. The van der Waals surface area contributed by atoms with Crippen LogP contribution in [0.2, 0.25) is 5.02 Å². The van der Waals surface area contributed by atoms with Crippen molar-refractivity contribution in [3.8, 4) is 0 Å². The number of benzene rings is 1. The summed E-state index contributed by atoms with van der Waals surface area (Å²) in [7, 11) is 0. The Morgan fingerprint density at radius 3 is 2.47 bits per heavy atom. The van der Waals surface area contributed by atoms with Gasteiger partial charge >= 0.3 is 18.3 Å².